The number of anilines is 1. The fraction of sp³-hybridized carbons (Fsp3) is 0.619. The van der Waals surface area contributed by atoms with Crippen molar-refractivity contribution < 1.29 is 18.0 Å². The van der Waals surface area contributed by atoms with Crippen LogP contribution < -0.4 is 5.32 Å². The zero-order valence-corrected chi connectivity index (χ0v) is 18.4. The summed E-state index contributed by atoms with van der Waals surface area (Å²) in [5.74, 6) is 0.399. The second-order valence-electron chi connectivity index (χ2n) is 8.59. The minimum absolute atomic E-state index is 0.0417. The van der Waals surface area contributed by atoms with Gasteiger partial charge in [0, 0.05) is 38.8 Å². The largest absolute Gasteiger partial charge is 0.339 e. The molecule has 4 atom stereocenters. The minimum Gasteiger partial charge on any atom is -0.339 e. The summed E-state index contributed by atoms with van der Waals surface area (Å²) in [6.45, 7) is 4.87. The number of carbonyl (C=O) groups excluding carboxylic acids is 2. The van der Waals surface area contributed by atoms with Gasteiger partial charge < -0.3 is 10.2 Å². The molecule has 1 heterocycles. The summed E-state index contributed by atoms with van der Waals surface area (Å²) < 4.78 is 25.7. The third-order valence-corrected chi connectivity index (χ3v) is 8.28. The summed E-state index contributed by atoms with van der Waals surface area (Å²) in [5.41, 5.74) is 0.420. The molecule has 1 aliphatic carbocycles. The summed E-state index contributed by atoms with van der Waals surface area (Å²) in [6, 6.07) is 6.41. The highest BCUT2D eigenvalue weighted by Crippen LogP contribution is 2.36. The Balaban J connectivity index is 1.69. The highest BCUT2D eigenvalue weighted by atomic mass is 32.2. The molecule has 0 aromatic heterocycles. The van der Waals surface area contributed by atoms with Gasteiger partial charge in [-0.3, -0.25) is 9.59 Å². The molecule has 0 radical (unpaired) electrons. The quantitative estimate of drug-likeness (QED) is 0.792. The SMILES string of the molecule is C[C@H]1[C@H](C)CCC[C@@H]1N1C[C@@H](C(=O)Nc2cccc(S(=O)(=O)N(C)C)c2)CC1=O. The van der Waals surface area contributed by atoms with Crippen LogP contribution in [-0.4, -0.2) is 56.1 Å². The van der Waals surface area contributed by atoms with Crippen LogP contribution in [0.3, 0.4) is 0 Å². The first-order chi connectivity index (χ1) is 13.6. The van der Waals surface area contributed by atoms with E-state index in [4.69, 9.17) is 0 Å². The number of nitrogens with zero attached hydrogens (tertiary/aromatic N) is 2. The van der Waals surface area contributed by atoms with Crippen molar-refractivity contribution in [2.24, 2.45) is 17.8 Å². The van der Waals surface area contributed by atoms with Crippen molar-refractivity contribution in [3.8, 4) is 0 Å². The first-order valence-corrected chi connectivity index (χ1v) is 11.7. The monoisotopic (exact) mass is 421 g/mol. The van der Waals surface area contributed by atoms with Gasteiger partial charge in [-0.1, -0.05) is 32.8 Å². The average Bonchev–Trinajstić information content (AvgIpc) is 3.06. The number of benzene rings is 1. The van der Waals surface area contributed by atoms with Gasteiger partial charge >= 0.3 is 0 Å². The molecule has 2 amide bonds. The third-order valence-electron chi connectivity index (χ3n) is 6.47. The molecule has 29 heavy (non-hydrogen) atoms. The molecular formula is C21H31N3O4S. The van der Waals surface area contributed by atoms with Gasteiger partial charge in [-0.05, 0) is 36.5 Å². The van der Waals surface area contributed by atoms with E-state index < -0.39 is 15.9 Å². The summed E-state index contributed by atoms with van der Waals surface area (Å²) in [6.07, 6.45) is 3.51. The van der Waals surface area contributed by atoms with Crippen molar-refractivity contribution >= 4 is 27.5 Å². The Bertz CT molecular complexity index is 884. The van der Waals surface area contributed by atoms with Crippen LogP contribution in [0.4, 0.5) is 5.69 Å². The van der Waals surface area contributed by atoms with Gasteiger partial charge in [0.2, 0.25) is 21.8 Å². The number of carbonyl (C=O) groups is 2. The smallest absolute Gasteiger partial charge is 0.242 e. The zero-order chi connectivity index (χ0) is 21.3. The van der Waals surface area contributed by atoms with E-state index in [1.54, 1.807) is 12.1 Å². The van der Waals surface area contributed by atoms with Gasteiger partial charge in [-0.25, -0.2) is 12.7 Å². The predicted octanol–water partition coefficient (Wildman–Crippen LogP) is 2.55. The Morgan fingerprint density at radius 1 is 1.21 bits per heavy atom. The number of sulfonamides is 1. The normalized spacial score (nSPS) is 28.0. The second kappa shape index (κ2) is 8.44. The predicted molar refractivity (Wildman–Crippen MR) is 112 cm³/mol. The molecule has 1 aromatic carbocycles. The molecule has 1 saturated carbocycles. The van der Waals surface area contributed by atoms with E-state index >= 15 is 0 Å². The third kappa shape index (κ3) is 4.48. The van der Waals surface area contributed by atoms with Crippen LogP contribution in [0.2, 0.25) is 0 Å². The van der Waals surface area contributed by atoms with E-state index in [9.17, 15) is 18.0 Å². The van der Waals surface area contributed by atoms with E-state index in [-0.39, 0.29) is 29.2 Å². The van der Waals surface area contributed by atoms with Crippen LogP contribution in [0.15, 0.2) is 29.2 Å². The molecule has 0 spiro atoms. The molecule has 0 bridgehead atoms. The van der Waals surface area contributed by atoms with E-state index in [1.807, 2.05) is 4.90 Å². The van der Waals surface area contributed by atoms with Gasteiger partial charge in [-0.2, -0.15) is 0 Å². The Labute approximate surface area is 173 Å². The molecule has 1 aromatic rings. The maximum Gasteiger partial charge on any atom is 0.242 e. The number of hydrogen-bond donors (Lipinski definition) is 1. The number of likely N-dealkylation sites (tertiary alicyclic amines) is 1. The van der Waals surface area contributed by atoms with Gasteiger partial charge in [0.25, 0.3) is 0 Å². The van der Waals surface area contributed by atoms with Crippen LogP contribution >= 0.6 is 0 Å². The molecule has 2 aliphatic rings. The molecule has 1 aliphatic heterocycles. The highest BCUT2D eigenvalue weighted by Gasteiger charge is 2.41. The van der Waals surface area contributed by atoms with Gasteiger partial charge in [0.1, 0.15) is 0 Å². The molecule has 0 unspecified atom stereocenters. The summed E-state index contributed by atoms with van der Waals surface area (Å²) >= 11 is 0. The molecule has 160 valence electrons. The standard InChI is InChI=1S/C21H31N3O4S/c1-14-7-5-10-19(15(14)2)24-13-16(11-20(24)25)21(26)22-17-8-6-9-18(12-17)29(27,28)23(3)4/h6,8-9,12,14-16,19H,5,7,10-11,13H2,1-4H3,(H,22,26)/t14-,15+,16+,19+/m1/s1. The summed E-state index contributed by atoms with van der Waals surface area (Å²) in [4.78, 5) is 27.4. The van der Waals surface area contributed by atoms with Crippen molar-refractivity contribution in [3.05, 3.63) is 24.3 Å². The van der Waals surface area contributed by atoms with Crippen molar-refractivity contribution in [1.29, 1.82) is 0 Å². The number of amides is 2. The van der Waals surface area contributed by atoms with Gasteiger partial charge in [-0.15, -0.1) is 0 Å². The topological polar surface area (TPSA) is 86.8 Å². The number of nitrogens with one attached hydrogen (secondary N) is 1. The molecule has 1 N–H and O–H groups in total. The first-order valence-electron chi connectivity index (χ1n) is 10.2. The Morgan fingerprint density at radius 3 is 2.62 bits per heavy atom. The number of hydrogen-bond acceptors (Lipinski definition) is 4. The lowest BCUT2D eigenvalue weighted by Gasteiger charge is -2.40. The molecular weight excluding hydrogens is 390 g/mol. The van der Waals surface area contributed by atoms with Gasteiger partial charge in [0.05, 0.1) is 10.8 Å². The fourth-order valence-electron chi connectivity index (χ4n) is 4.41. The molecule has 7 nitrogen and oxygen atoms in total. The van der Waals surface area contributed by atoms with Crippen molar-refractivity contribution in [3.63, 3.8) is 0 Å². The lowest BCUT2D eigenvalue weighted by atomic mass is 9.77. The van der Waals surface area contributed by atoms with Gasteiger partial charge in [0.15, 0.2) is 0 Å². The van der Waals surface area contributed by atoms with Crippen molar-refractivity contribution in [2.45, 2.75) is 50.5 Å². The Morgan fingerprint density at radius 2 is 1.93 bits per heavy atom. The van der Waals surface area contributed by atoms with Crippen LogP contribution in [0, 0.1) is 17.8 Å². The molecule has 1 saturated heterocycles. The van der Waals surface area contributed by atoms with E-state index in [0.29, 0.717) is 24.1 Å². The zero-order valence-electron chi connectivity index (χ0n) is 17.6. The minimum atomic E-state index is -3.58. The summed E-state index contributed by atoms with van der Waals surface area (Å²) in [5, 5.41) is 2.80. The van der Waals surface area contributed by atoms with E-state index in [1.165, 1.54) is 32.6 Å². The lowest BCUT2D eigenvalue weighted by Crippen LogP contribution is -2.45. The highest BCUT2D eigenvalue weighted by molar-refractivity contribution is 7.89. The van der Waals surface area contributed by atoms with Crippen LogP contribution in [0.1, 0.15) is 39.5 Å². The lowest BCUT2D eigenvalue weighted by molar-refractivity contribution is -0.131. The Kier molecular flexibility index (Phi) is 6.33. The fourth-order valence-corrected chi connectivity index (χ4v) is 5.36. The maximum absolute atomic E-state index is 12.8. The molecule has 8 heteroatoms. The van der Waals surface area contributed by atoms with Crippen LogP contribution in [-0.2, 0) is 19.6 Å². The maximum atomic E-state index is 12.8. The number of rotatable bonds is 5. The van der Waals surface area contributed by atoms with E-state index in [0.717, 1.165) is 17.1 Å². The molecule has 2 fully saturated rings. The average molecular weight is 422 g/mol. The van der Waals surface area contributed by atoms with Crippen LogP contribution in [0.5, 0.6) is 0 Å². The second-order valence-corrected chi connectivity index (χ2v) is 10.7. The van der Waals surface area contributed by atoms with Crippen molar-refractivity contribution in [1.82, 2.24) is 9.21 Å². The molecule has 3 rings (SSSR count). The first kappa shape index (κ1) is 21.8. The Hall–Kier alpha value is -1.93. The van der Waals surface area contributed by atoms with Crippen molar-refractivity contribution in [2.75, 3.05) is 26.0 Å². The van der Waals surface area contributed by atoms with E-state index in [2.05, 4.69) is 19.2 Å². The van der Waals surface area contributed by atoms with Crippen LogP contribution in [0.25, 0.3) is 0 Å². The summed E-state index contributed by atoms with van der Waals surface area (Å²) in [7, 11) is -0.649.